The summed E-state index contributed by atoms with van der Waals surface area (Å²) in [6.07, 6.45) is 19.6. The number of imide groups is 1. The number of ether oxygens (including phenoxy) is 2. The molecule has 8 N–H and O–H groups in total. The van der Waals surface area contributed by atoms with E-state index in [4.69, 9.17) is 29.0 Å². The van der Waals surface area contributed by atoms with Gasteiger partial charge in [-0.25, -0.2) is 10.1 Å². The molecule has 4 amide bonds. The van der Waals surface area contributed by atoms with Gasteiger partial charge < -0.3 is 50.1 Å². The van der Waals surface area contributed by atoms with Gasteiger partial charge in [-0.1, -0.05) is 69.0 Å². The van der Waals surface area contributed by atoms with Gasteiger partial charge in [-0.3, -0.25) is 33.1 Å². The molecule has 2 unspecified atom stereocenters. The van der Waals surface area contributed by atoms with Crippen LogP contribution in [0.5, 0.6) is 23.0 Å². The van der Waals surface area contributed by atoms with E-state index in [0.717, 1.165) is 126 Å². The van der Waals surface area contributed by atoms with Crippen LogP contribution in [0.15, 0.2) is 135 Å². The van der Waals surface area contributed by atoms with E-state index in [1.54, 1.807) is 25.1 Å². The summed E-state index contributed by atoms with van der Waals surface area (Å²) in [6, 6.07) is 21.6. The van der Waals surface area contributed by atoms with Crippen LogP contribution in [0.4, 0.5) is 22.7 Å². The van der Waals surface area contributed by atoms with Gasteiger partial charge >= 0.3 is 11.9 Å². The molecular formula is C97H121N7O21S3+2. The smallest absolute Gasteiger partial charge is 0.333 e. The van der Waals surface area contributed by atoms with Crippen LogP contribution < -0.4 is 29.9 Å². The molecule has 31 heteroatoms. The Morgan fingerprint density at radius 3 is 1.47 bits per heavy atom. The standard InChI is InChI=1S/C50H60N4O13S2.C47H59N3O8S/c1-30-31(2)46-35(32(3)45(30)58)23-24-50(8,64-46)47(59)51-25-13-27-53-38-19-17-33(68-67-66-60)28-36(38)48(4,5)40(53)14-12-15-41-49(6,7)37-29-34(69(61,62)63)18-20-39(37)52(41)26-11-9-10-16-44(57)65-54-42(55)21-22-43(54)56;1-29-18-20-37-35(27-29)45(5,6)39(50(37)26-14-24-48-44(54)47(9)23-22-34-32(4)42(53)30(2)31(3)43(34)58-47)15-13-16-40-46(7,8)36-28-33(59(55,56)57)19-21-38(36)49(40)25-12-10-11-17-41(51)52/h12,14-15,17-20,28-29H,9-11,13,16,21-27H2,1-8H3,(H3-,51,58,59,60,61,62,63);13,15-16,18-21,27-28H,10-12,14,17,22-26H2,1-9H3,(H3-,48,51,52,53,54,55,56,57)/p+2. The summed E-state index contributed by atoms with van der Waals surface area (Å²) < 4.78 is 90.8. The number of fused-ring (bicyclic) bond motifs is 6. The van der Waals surface area contributed by atoms with Gasteiger partial charge in [-0.15, -0.1) is 9.40 Å². The van der Waals surface area contributed by atoms with E-state index in [1.165, 1.54) is 29.3 Å². The predicted molar refractivity (Wildman–Crippen MR) is 488 cm³/mol. The summed E-state index contributed by atoms with van der Waals surface area (Å²) in [4.78, 5) is 84.7. The number of phenols is 2. The number of hydrogen-bond donors (Lipinski definition) is 8. The lowest BCUT2D eigenvalue weighted by atomic mass is 9.81. The summed E-state index contributed by atoms with van der Waals surface area (Å²) in [5.74, 6) is -1.03. The van der Waals surface area contributed by atoms with Gasteiger partial charge in [-0.05, 0) is 240 Å². The van der Waals surface area contributed by atoms with Crippen LogP contribution in [0.3, 0.4) is 0 Å². The minimum atomic E-state index is -4.50. The highest BCUT2D eigenvalue weighted by molar-refractivity contribution is 7.94. The number of carbonyl (C=O) groups excluding carboxylic acids is 5. The zero-order chi connectivity index (χ0) is 93.5. The number of aryl methyl sites for hydroxylation is 1. The first-order valence-electron chi connectivity index (χ1n) is 43.7. The number of amides is 4. The number of phenolic OH excluding ortho intramolecular Hbond substituents is 2. The van der Waals surface area contributed by atoms with Crippen molar-refractivity contribution in [1.29, 1.82) is 0 Å². The predicted octanol–water partition coefficient (Wildman–Crippen LogP) is 16.5. The Hall–Kier alpha value is -10.5. The largest absolute Gasteiger partial charge is 0.507 e. The van der Waals surface area contributed by atoms with Crippen molar-refractivity contribution in [1.82, 2.24) is 15.7 Å². The van der Waals surface area contributed by atoms with Crippen molar-refractivity contribution in [2.75, 3.05) is 49.1 Å². The number of hydrogen-bond acceptors (Lipinski definition) is 21. The van der Waals surface area contributed by atoms with Gasteiger partial charge in [0.2, 0.25) is 11.4 Å². The molecule has 7 aliphatic heterocycles. The topological polar surface area (TPSA) is 378 Å². The molecular weight excluding hydrogens is 1700 g/mol. The molecule has 686 valence electrons. The first-order valence-corrected chi connectivity index (χ1v) is 47.4. The third kappa shape index (κ3) is 19.5. The van der Waals surface area contributed by atoms with Crippen molar-refractivity contribution >= 4 is 102 Å². The maximum atomic E-state index is 13.8. The average Bonchev–Trinajstić information content (AvgIpc) is 1.13. The van der Waals surface area contributed by atoms with Gasteiger partial charge in [0.25, 0.3) is 43.9 Å². The lowest BCUT2D eigenvalue weighted by Gasteiger charge is -2.36. The van der Waals surface area contributed by atoms with Gasteiger partial charge in [0, 0.05) is 163 Å². The second-order valence-corrected chi connectivity index (χ2v) is 40.6. The monoisotopic (exact) mass is 1820 g/mol. The summed E-state index contributed by atoms with van der Waals surface area (Å²) in [6.45, 7) is 36.9. The normalized spacial score (nSPS) is 19.9. The SMILES string of the molecule is Cc1c(C)c2c(c(C)c1O)CCC(C)(C(=O)NCCC[N+]1=C(/C=C/C=C3/N(CCCCCC(=O)ON4C(=O)CCC4=O)c4ccc(S(=O)(=O)O)cc4C3(C)C)C(C)(C)c3cc(SOOO)ccc31)O2.Cc1ccc2c(c1)C(C)(C)C(=CC=CC1=[N+](CCCCCC(=O)O)c3ccc(S(=O)(=O)O)cc3C1(C)C)N2CCCNC(=O)C1(C)CCc2c(C)c(O)c(C)c(C)c2O1. The molecule has 6 aromatic carbocycles. The van der Waals surface area contributed by atoms with Crippen LogP contribution in [0.2, 0.25) is 0 Å². The molecule has 0 radical (unpaired) electrons. The molecule has 0 spiro atoms. The molecule has 0 saturated carbocycles. The molecule has 1 saturated heterocycles. The van der Waals surface area contributed by atoms with Gasteiger partial charge in [-0.2, -0.15) is 26.0 Å². The van der Waals surface area contributed by atoms with Crippen LogP contribution in [0.25, 0.3) is 0 Å². The molecule has 28 nitrogen and oxygen atoms in total. The highest BCUT2D eigenvalue weighted by Gasteiger charge is 2.50. The van der Waals surface area contributed by atoms with E-state index < -0.39 is 71.4 Å². The second kappa shape index (κ2) is 37.9. The van der Waals surface area contributed by atoms with Gasteiger partial charge in [0.05, 0.1) is 32.7 Å². The fourth-order valence-electron chi connectivity index (χ4n) is 18.9. The zero-order valence-electron chi connectivity index (χ0n) is 76.2. The molecule has 1 fully saturated rings. The maximum absolute atomic E-state index is 13.8. The van der Waals surface area contributed by atoms with E-state index >= 15 is 0 Å². The zero-order valence-corrected chi connectivity index (χ0v) is 78.7. The number of nitrogens with zero attached hydrogens (tertiary/aromatic N) is 5. The third-order valence-corrected chi connectivity index (χ3v) is 29.1. The first-order chi connectivity index (χ1) is 60.1. The Morgan fingerprint density at radius 2 is 0.961 bits per heavy atom. The van der Waals surface area contributed by atoms with Crippen molar-refractivity contribution in [3.8, 4) is 23.0 Å². The number of allylic oxidation sites excluding steroid dienone is 8. The fourth-order valence-corrected chi connectivity index (χ4v) is 20.3. The lowest BCUT2D eigenvalue weighted by molar-refractivity contribution is -0.438. The van der Waals surface area contributed by atoms with Crippen LogP contribution in [0, 0.1) is 48.5 Å². The summed E-state index contributed by atoms with van der Waals surface area (Å²) in [7, 11) is -8.91. The molecule has 7 aliphatic rings. The number of nitrogens with one attached hydrogen (secondary N) is 2. The summed E-state index contributed by atoms with van der Waals surface area (Å²) >= 11 is 0.867. The molecule has 7 heterocycles. The third-order valence-electron chi connectivity index (χ3n) is 26.8. The number of aromatic hydroxyl groups is 2. The molecule has 2 atom stereocenters. The maximum Gasteiger partial charge on any atom is 0.333 e. The average molecular weight is 1820 g/mol. The van der Waals surface area contributed by atoms with Crippen molar-refractivity contribution < 1.29 is 108 Å². The van der Waals surface area contributed by atoms with E-state index in [0.29, 0.717) is 130 Å². The number of benzene rings is 6. The number of carbonyl (C=O) groups is 6. The summed E-state index contributed by atoms with van der Waals surface area (Å²) in [5.41, 5.74) is 14.8. The Bertz CT molecular complexity index is 5900. The van der Waals surface area contributed by atoms with E-state index in [9.17, 15) is 64.9 Å². The van der Waals surface area contributed by atoms with Crippen LogP contribution in [-0.4, -0.2) is 158 Å². The molecule has 0 aliphatic carbocycles. The Morgan fingerprint density at radius 1 is 0.516 bits per heavy atom. The Kier molecular flexibility index (Phi) is 28.6. The van der Waals surface area contributed by atoms with Crippen LogP contribution in [-0.2, 0) is 97.7 Å². The summed E-state index contributed by atoms with van der Waals surface area (Å²) in [5, 5.41) is 49.9. The highest BCUT2D eigenvalue weighted by Crippen LogP contribution is 2.53. The van der Waals surface area contributed by atoms with Crippen molar-refractivity contribution in [3.63, 3.8) is 0 Å². The Balaban J connectivity index is 0.000000235. The number of aliphatic carboxylic acids is 1. The lowest BCUT2D eigenvalue weighted by Crippen LogP contribution is -2.51. The quantitative estimate of drug-likeness (QED) is 0.00370. The van der Waals surface area contributed by atoms with Crippen molar-refractivity contribution in [2.45, 2.75) is 268 Å². The van der Waals surface area contributed by atoms with Crippen LogP contribution in [0.1, 0.15) is 231 Å². The minimum Gasteiger partial charge on any atom is -0.507 e. The molecule has 6 aromatic rings. The van der Waals surface area contributed by atoms with Crippen molar-refractivity contribution in [3.05, 3.63) is 193 Å². The number of carboxylic acids is 1. The number of carboxylic acid groups (broad SMARTS) is 1. The van der Waals surface area contributed by atoms with E-state index in [-0.39, 0.29) is 64.2 Å². The minimum absolute atomic E-state index is 0.0130. The van der Waals surface area contributed by atoms with Crippen molar-refractivity contribution in [2.24, 2.45) is 0 Å². The number of rotatable bonds is 32. The highest BCUT2D eigenvalue weighted by atomic mass is 32.2. The van der Waals surface area contributed by atoms with Gasteiger partial charge in [0.1, 0.15) is 29.5 Å². The molecule has 0 bridgehead atoms. The Labute approximate surface area is 754 Å². The van der Waals surface area contributed by atoms with Gasteiger partial charge in [0.15, 0.2) is 29.2 Å². The fraction of sp³-hybridized carbons (Fsp3) is 0.464. The van der Waals surface area contributed by atoms with E-state index in [1.807, 2.05) is 113 Å². The molecule has 0 aromatic heterocycles. The number of hydroxylamine groups is 2. The first kappa shape index (κ1) is 96.6. The van der Waals surface area contributed by atoms with Crippen LogP contribution >= 0.6 is 12.0 Å². The number of anilines is 2. The molecule has 128 heavy (non-hydrogen) atoms. The number of unbranched alkanes of at least 4 members (excludes halogenated alkanes) is 4. The van der Waals surface area contributed by atoms with E-state index in [2.05, 4.69) is 106 Å². The second-order valence-electron chi connectivity index (χ2n) is 36.9. The molecule has 13 rings (SSSR count).